The molecule has 2 unspecified atom stereocenters. The second-order valence-corrected chi connectivity index (χ2v) is 8.28. The summed E-state index contributed by atoms with van der Waals surface area (Å²) in [6, 6.07) is 11.3. The SMILES string of the molecule is COC(=O)CC1SC(c2cccc(OC)c2OC)c2cc(Cl)ccc2NC1=S. The third-order valence-electron chi connectivity index (χ3n) is 4.44. The van der Waals surface area contributed by atoms with Crippen LogP contribution in [0.3, 0.4) is 0 Å². The summed E-state index contributed by atoms with van der Waals surface area (Å²) in [6.07, 6.45) is 0.164. The smallest absolute Gasteiger partial charge is 0.307 e. The van der Waals surface area contributed by atoms with Crippen molar-refractivity contribution in [1.82, 2.24) is 0 Å². The molecule has 1 aliphatic rings. The molecule has 0 bridgehead atoms. The second kappa shape index (κ2) is 9.03. The molecule has 3 rings (SSSR count). The fraction of sp³-hybridized carbons (Fsp3) is 0.300. The molecule has 0 aliphatic carbocycles. The largest absolute Gasteiger partial charge is 0.493 e. The number of benzene rings is 2. The number of esters is 1. The molecule has 1 N–H and O–H groups in total. The van der Waals surface area contributed by atoms with Gasteiger partial charge < -0.3 is 19.5 Å². The number of carbonyl (C=O) groups is 1. The van der Waals surface area contributed by atoms with Gasteiger partial charge in [-0.25, -0.2) is 0 Å². The fourth-order valence-electron chi connectivity index (χ4n) is 3.11. The molecule has 148 valence electrons. The quantitative estimate of drug-likeness (QED) is 0.529. The molecule has 0 fully saturated rings. The Kier molecular flexibility index (Phi) is 6.69. The van der Waals surface area contributed by atoms with E-state index < -0.39 is 0 Å². The van der Waals surface area contributed by atoms with Crippen LogP contribution in [0.2, 0.25) is 5.02 Å². The van der Waals surface area contributed by atoms with Crippen molar-refractivity contribution in [1.29, 1.82) is 0 Å². The maximum absolute atomic E-state index is 11.9. The molecule has 0 saturated heterocycles. The maximum atomic E-state index is 11.9. The molecule has 0 aromatic heterocycles. The molecule has 2 aromatic carbocycles. The van der Waals surface area contributed by atoms with Crippen molar-refractivity contribution in [3.8, 4) is 11.5 Å². The van der Waals surface area contributed by atoms with Crippen LogP contribution in [-0.4, -0.2) is 37.5 Å². The van der Waals surface area contributed by atoms with Crippen LogP contribution in [0.15, 0.2) is 36.4 Å². The third kappa shape index (κ3) is 4.21. The van der Waals surface area contributed by atoms with E-state index in [1.54, 1.807) is 32.0 Å². The Labute approximate surface area is 178 Å². The lowest BCUT2D eigenvalue weighted by Gasteiger charge is -2.23. The Bertz CT molecular complexity index is 906. The Balaban J connectivity index is 2.15. The lowest BCUT2D eigenvalue weighted by Crippen LogP contribution is -2.25. The summed E-state index contributed by atoms with van der Waals surface area (Å²) >= 11 is 13.4. The molecular weight excluding hydrogens is 418 g/mol. The van der Waals surface area contributed by atoms with E-state index in [1.165, 1.54) is 7.11 Å². The lowest BCUT2D eigenvalue weighted by atomic mass is 10.0. The highest BCUT2D eigenvalue weighted by atomic mass is 35.5. The zero-order chi connectivity index (χ0) is 20.3. The van der Waals surface area contributed by atoms with Gasteiger partial charge in [-0.2, -0.15) is 0 Å². The summed E-state index contributed by atoms with van der Waals surface area (Å²) in [7, 11) is 4.58. The van der Waals surface area contributed by atoms with Gasteiger partial charge in [0.1, 0.15) is 0 Å². The number of nitrogens with one attached hydrogen (secondary N) is 1. The molecule has 2 atom stereocenters. The molecule has 1 heterocycles. The molecule has 0 saturated carbocycles. The van der Waals surface area contributed by atoms with Crippen molar-refractivity contribution in [3.63, 3.8) is 0 Å². The van der Waals surface area contributed by atoms with Crippen molar-refractivity contribution in [2.45, 2.75) is 16.9 Å². The van der Waals surface area contributed by atoms with Crippen molar-refractivity contribution in [3.05, 3.63) is 52.5 Å². The summed E-state index contributed by atoms with van der Waals surface area (Å²) in [4.78, 5) is 12.5. The normalized spacial score (nSPS) is 18.5. The monoisotopic (exact) mass is 437 g/mol. The summed E-state index contributed by atoms with van der Waals surface area (Å²) in [5.74, 6) is 0.952. The number of ether oxygens (including phenoxy) is 3. The van der Waals surface area contributed by atoms with Crippen molar-refractivity contribution in [2.75, 3.05) is 26.6 Å². The highest BCUT2D eigenvalue weighted by molar-refractivity contribution is 8.02. The molecule has 2 aromatic rings. The number of anilines is 1. The minimum Gasteiger partial charge on any atom is -0.493 e. The highest BCUT2D eigenvalue weighted by Gasteiger charge is 2.33. The van der Waals surface area contributed by atoms with Crippen molar-refractivity contribution in [2.24, 2.45) is 0 Å². The summed E-state index contributed by atoms with van der Waals surface area (Å²) < 4.78 is 16.0. The number of hydrogen-bond acceptors (Lipinski definition) is 6. The van der Waals surface area contributed by atoms with Gasteiger partial charge in [0.15, 0.2) is 11.5 Å². The molecule has 8 heteroatoms. The Morgan fingerprint density at radius 3 is 2.64 bits per heavy atom. The predicted molar refractivity (Wildman–Crippen MR) is 117 cm³/mol. The molecule has 28 heavy (non-hydrogen) atoms. The predicted octanol–water partition coefficient (Wildman–Crippen LogP) is 4.86. The van der Waals surface area contributed by atoms with Gasteiger partial charge in [0.25, 0.3) is 0 Å². The first-order valence-electron chi connectivity index (χ1n) is 8.52. The van der Waals surface area contributed by atoms with E-state index in [9.17, 15) is 4.79 Å². The average Bonchev–Trinajstić information content (AvgIpc) is 2.83. The van der Waals surface area contributed by atoms with Crippen LogP contribution in [-0.2, 0) is 9.53 Å². The topological polar surface area (TPSA) is 56.8 Å². The zero-order valence-electron chi connectivity index (χ0n) is 15.7. The zero-order valence-corrected chi connectivity index (χ0v) is 18.0. The molecule has 0 spiro atoms. The van der Waals surface area contributed by atoms with Gasteiger partial charge in [-0.15, -0.1) is 11.8 Å². The maximum Gasteiger partial charge on any atom is 0.307 e. The van der Waals surface area contributed by atoms with E-state index >= 15 is 0 Å². The first kappa shape index (κ1) is 20.8. The number of halogens is 1. The number of fused-ring (bicyclic) bond motifs is 1. The Morgan fingerprint density at radius 2 is 1.96 bits per heavy atom. The van der Waals surface area contributed by atoms with E-state index in [0.717, 1.165) is 16.8 Å². The number of carbonyl (C=O) groups excluding carboxylic acids is 1. The van der Waals surface area contributed by atoms with Crippen LogP contribution in [0.1, 0.15) is 22.8 Å². The first-order chi connectivity index (χ1) is 13.5. The van der Waals surface area contributed by atoms with Crippen LogP contribution in [0.4, 0.5) is 5.69 Å². The average molecular weight is 438 g/mol. The highest BCUT2D eigenvalue weighted by Crippen LogP contribution is 2.50. The van der Waals surface area contributed by atoms with Gasteiger partial charge in [-0.3, -0.25) is 4.79 Å². The van der Waals surface area contributed by atoms with Crippen LogP contribution < -0.4 is 14.8 Å². The molecule has 1 aliphatic heterocycles. The van der Waals surface area contributed by atoms with Gasteiger partial charge in [-0.1, -0.05) is 36.0 Å². The van der Waals surface area contributed by atoms with Crippen LogP contribution >= 0.6 is 35.6 Å². The van der Waals surface area contributed by atoms with Crippen LogP contribution in [0.5, 0.6) is 11.5 Å². The number of para-hydroxylation sites is 1. The number of hydrogen-bond donors (Lipinski definition) is 1. The summed E-state index contributed by atoms with van der Waals surface area (Å²) in [5.41, 5.74) is 2.72. The molecular formula is C20H20ClNO4S2. The Hall–Kier alpha value is -1.96. The molecule has 5 nitrogen and oxygen atoms in total. The van der Waals surface area contributed by atoms with Gasteiger partial charge in [0.05, 0.1) is 43.2 Å². The molecule has 0 amide bonds. The van der Waals surface area contributed by atoms with E-state index in [0.29, 0.717) is 21.5 Å². The minimum atomic E-state index is -0.318. The Morgan fingerprint density at radius 1 is 1.18 bits per heavy atom. The van der Waals surface area contributed by atoms with Gasteiger partial charge >= 0.3 is 5.97 Å². The van der Waals surface area contributed by atoms with E-state index in [4.69, 9.17) is 38.0 Å². The van der Waals surface area contributed by atoms with Gasteiger partial charge in [0.2, 0.25) is 0 Å². The van der Waals surface area contributed by atoms with Crippen LogP contribution in [0, 0.1) is 0 Å². The standard InChI is InChI=1S/C20H20ClNO4S2/c1-24-15-6-4-5-12(18(15)26-3)19-13-9-11(21)7-8-14(13)22-20(27)16(28-19)10-17(23)25-2/h4-9,16,19H,10H2,1-3H3,(H,22,27). The van der Waals surface area contributed by atoms with Crippen LogP contribution in [0.25, 0.3) is 0 Å². The van der Waals surface area contributed by atoms with Gasteiger partial charge in [0, 0.05) is 16.3 Å². The van der Waals surface area contributed by atoms with Crippen molar-refractivity contribution < 1.29 is 19.0 Å². The number of thiocarbonyl (C=S) groups is 1. The molecule has 0 radical (unpaired) electrons. The lowest BCUT2D eigenvalue weighted by molar-refractivity contribution is -0.140. The first-order valence-corrected chi connectivity index (χ1v) is 10.2. The van der Waals surface area contributed by atoms with E-state index in [2.05, 4.69) is 5.32 Å². The number of thioether (sulfide) groups is 1. The van der Waals surface area contributed by atoms with E-state index in [-0.39, 0.29) is 22.9 Å². The van der Waals surface area contributed by atoms with Gasteiger partial charge in [-0.05, 0) is 29.8 Å². The summed E-state index contributed by atoms with van der Waals surface area (Å²) in [5, 5.41) is 3.43. The minimum absolute atomic E-state index is 0.164. The fourth-order valence-corrected chi connectivity index (χ4v) is 5.07. The van der Waals surface area contributed by atoms with Crippen molar-refractivity contribution >= 4 is 52.2 Å². The van der Waals surface area contributed by atoms with E-state index in [1.807, 2.05) is 30.3 Å². The second-order valence-electron chi connectivity index (χ2n) is 6.09. The number of methoxy groups -OCH3 is 3. The third-order valence-corrected chi connectivity index (χ3v) is 6.72. The summed E-state index contributed by atoms with van der Waals surface area (Å²) in [6.45, 7) is 0. The number of rotatable bonds is 5.